The Kier molecular flexibility index (Phi) is 3.87. The zero-order valence-corrected chi connectivity index (χ0v) is 12.2. The highest BCUT2D eigenvalue weighted by molar-refractivity contribution is 4.92. The maximum Gasteiger partial charge on any atom is 0.140 e. The number of hydrogen-bond acceptors (Lipinski definition) is 3. The van der Waals surface area contributed by atoms with E-state index < -0.39 is 0 Å². The minimum atomic E-state index is 0.682. The monoisotopic (exact) mass is 262 g/mol. The van der Waals surface area contributed by atoms with Crippen LogP contribution in [0.4, 0.5) is 0 Å². The van der Waals surface area contributed by atoms with E-state index >= 15 is 0 Å². The Bertz CT molecular complexity index is 412. The van der Waals surface area contributed by atoms with Gasteiger partial charge >= 0.3 is 0 Å². The molecule has 3 atom stereocenters. The zero-order valence-electron chi connectivity index (χ0n) is 12.2. The second kappa shape index (κ2) is 5.61. The lowest BCUT2D eigenvalue weighted by atomic mass is 9.89. The van der Waals surface area contributed by atoms with Gasteiger partial charge in [-0.05, 0) is 49.5 Å². The molecule has 1 heterocycles. The standard InChI is InChI=1S/C15H26N4/c1-11(2)7-16-8-15-17-10-18-19(15)9-14-6-12-3-4-13(14)5-12/h10-14,16H,3-9H2,1-2H3. The summed E-state index contributed by atoms with van der Waals surface area (Å²) in [6.07, 6.45) is 7.52. The van der Waals surface area contributed by atoms with E-state index in [0.29, 0.717) is 5.92 Å². The Hall–Kier alpha value is -0.900. The van der Waals surface area contributed by atoms with Crippen molar-refractivity contribution < 1.29 is 0 Å². The van der Waals surface area contributed by atoms with Crippen LogP contribution in [-0.2, 0) is 13.1 Å². The van der Waals surface area contributed by atoms with Gasteiger partial charge in [0, 0.05) is 6.54 Å². The SMILES string of the molecule is CC(C)CNCc1ncnn1CC1CC2CCC1C2. The first-order valence-electron chi connectivity index (χ1n) is 7.79. The Labute approximate surface area is 116 Å². The lowest BCUT2D eigenvalue weighted by molar-refractivity contribution is 0.281. The van der Waals surface area contributed by atoms with Gasteiger partial charge in [-0.2, -0.15) is 5.10 Å². The predicted octanol–water partition coefficient (Wildman–Crippen LogP) is 2.46. The lowest BCUT2D eigenvalue weighted by Gasteiger charge is -2.22. The molecule has 0 spiro atoms. The van der Waals surface area contributed by atoms with E-state index in [1.165, 1.54) is 25.7 Å². The van der Waals surface area contributed by atoms with Gasteiger partial charge in [0.2, 0.25) is 0 Å². The van der Waals surface area contributed by atoms with Crippen molar-refractivity contribution in [2.75, 3.05) is 6.54 Å². The number of nitrogens with zero attached hydrogens (tertiary/aromatic N) is 3. The molecule has 0 radical (unpaired) electrons. The van der Waals surface area contributed by atoms with Gasteiger partial charge in [0.1, 0.15) is 12.2 Å². The van der Waals surface area contributed by atoms with E-state index in [9.17, 15) is 0 Å². The third-order valence-electron chi connectivity index (χ3n) is 4.82. The van der Waals surface area contributed by atoms with Crippen molar-refractivity contribution in [1.29, 1.82) is 0 Å². The summed E-state index contributed by atoms with van der Waals surface area (Å²) >= 11 is 0. The fourth-order valence-corrected chi connectivity index (χ4v) is 3.87. The average Bonchev–Trinajstić information content (AvgIpc) is 3.06. The predicted molar refractivity (Wildman–Crippen MR) is 75.5 cm³/mol. The van der Waals surface area contributed by atoms with Gasteiger partial charge in [-0.1, -0.05) is 20.3 Å². The molecule has 1 aromatic heterocycles. The van der Waals surface area contributed by atoms with E-state index in [1.807, 2.05) is 0 Å². The van der Waals surface area contributed by atoms with Crippen LogP contribution in [0.3, 0.4) is 0 Å². The van der Waals surface area contributed by atoms with Gasteiger partial charge in [-0.3, -0.25) is 0 Å². The van der Waals surface area contributed by atoms with Crippen molar-refractivity contribution >= 4 is 0 Å². The van der Waals surface area contributed by atoms with Gasteiger partial charge in [-0.15, -0.1) is 0 Å². The molecular weight excluding hydrogens is 236 g/mol. The molecule has 1 N–H and O–H groups in total. The zero-order chi connectivity index (χ0) is 13.2. The van der Waals surface area contributed by atoms with Gasteiger partial charge in [0.05, 0.1) is 6.54 Å². The molecule has 0 amide bonds. The van der Waals surface area contributed by atoms with Crippen LogP contribution in [0.5, 0.6) is 0 Å². The van der Waals surface area contributed by atoms with E-state index in [4.69, 9.17) is 0 Å². The first kappa shape index (κ1) is 13.1. The summed E-state index contributed by atoms with van der Waals surface area (Å²) in [6, 6.07) is 0. The summed E-state index contributed by atoms with van der Waals surface area (Å²) in [4.78, 5) is 4.41. The topological polar surface area (TPSA) is 42.7 Å². The summed E-state index contributed by atoms with van der Waals surface area (Å²) in [5.41, 5.74) is 0. The van der Waals surface area contributed by atoms with Crippen molar-refractivity contribution in [2.24, 2.45) is 23.7 Å². The number of hydrogen-bond donors (Lipinski definition) is 1. The summed E-state index contributed by atoms with van der Waals surface area (Å²) in [5, 5.41) is 7.89. The van der Waals surface area contributed by atoms with Crippen molar-refractivity contribution in [1.82, 2.24) is 20.1 Å². The van der Waals surface area contributed by atoms with Crippen LogP contribution in [-0.4, -0.2) is 21.3 Å². The molecular formula is C15H26N4. The van der Waals surface area contributed by atoms with Crippen LogP contribution in [0.15, 0.2) is 6.33 Å². The molecule has 3 unspecified atom stereocenters. The van der Waals surface area contributed by atoms with Crippen molar-refractivity contribution in [3.63, 3.8) is 0 Å². The fourth-order valence-electron chi connectivity index (χ4n) is 3.87. The van der Waals surface area contributed by atoms with E-state index in [1.54, 1.807) is 6.33 Å². The van der Waals surface area contributed by atoms with E-state index in [0.717, 1.165) is 43.2 Å². The van der Waals surface area contributed by atoms with Gasteiger partial charge in [0.25, 0.3) is 0 Å². The first-order chi connectivity index (χ1) is 9.22. The second-order valence-corrected chi connectivity index (χ2v) is 6.82. The van der Waals surface area contributed by atoms with Crippen LogP contribution in [0, 0.1) is 23.7 Å². The number of nitrogens with one attached hydrogen (secondary N) is 1. The first-order valence-corrected chi connectivity index (χ1v) is 7.79. The van der Waals surface area contributed by atoms with Gasteiger partial charge in [-0.25, -0.2) is 9.67 Å². The quantitative estimate of drug-likeness (QED) is 0.856. The van der Waals surface area contributed by atoms with Gasteiger partial charge < -0.3 is 5.32 Å². The Morgan fingerprint density at radius 2 is 2.26 bits per heavy atom. The molecule has 106 valence electrons. The molecule has 1 aromatic rings. The molecule has 2 aliphatic carbocycles. The van der Waals surface area contributed by atoms with Crippen LogP contribution < -0.4 is 5.32 Å². The van der Waals surface area contributed by atoms with Crippen molar-refractivity contribution in [2.45, 2.75) is 52.6 Å². The maximum absolute atomic E-state index is 4.43. The van der Waals surface area contributed by atoms with Crippen molar-refractivity contribution in [3.05, 3.63) is 12.2 Å². The Balaban J connectivity index is 1.55. The fraction of sp³-hybridized carbons (Fsp3) is 0.867. The minimum Gasteiger partial charge on any atom is -0.310 e. The summed E-state index contributed by atoms with van der Waals surface area (Å²) in [6.45, 7) is 7.43. The van der Waals surface area contributed by atoms with Crippen LogP contribution in [0.1, 0.15) is 45.4 Å². The highest BCUT2D eigenvalue weighted by Gasteiger charge is 2.39. The summed E-state index contributed by atoms with van der Waals surface area (Å²) in [5.74, 6) is 4.61. The van der Waals surface area contributed by atoms with Crippen LogP contribution in [0.2, 0.25) is 0 Å². The number of fused-ring (bicyclic) bond motifs is 2. The summed E-state index contributed by atoms with van der Waals surface area (Å²) in [7, 11) is 0. The third kappa shape index (κ3) is 2.99. The molecule has 2 saturated carbocycles. The molecule has 19 heavy (non-hydrogen) atoms. The van der Waals surface area contributed by atoms with E-state index in [2.05, 4.69) is 33.9 Å². The molecule has 2 aliphatic rings. The Morgan fingerprint density at radius 1 is 1.37 bits per heavy atom. The lowest BCUT2D eigenvalue weighted by Crippen LogP contribution is -2.24. The molecule has 4 heteroatoms. The highest BCUT2D eigenvalue weighted by atomic mass is 15.3. The maximum atomic E-state index is 4.43. The number of aromatic nitrogens is 3. The minimum absolute atomic E-state index is 0.682. The van der Waals surface area contributed by atoms with Gasteiger partial charge in [0.15, 0.2) is 0 Å². The Morgan fingerprint density at radius 3 is 2.95 bits per heavy atom. The van der Waals surface area contributed by atoms with Crippen LogP contribution >= 0.6 is 0 Å². The molecule has 3 rings (SSSR count). The van der Waals surface area contributed by atoms with E-state index in [-0.39, 0.29) is 0 Å². The number of rotatable bonds is 6. The molecule has 0 saturated heterocycles. The normalized spacial score (nSPS) is 29.5. The molecule has 0 aliphatic heterocycles. The van der Waals surface area contributed by atoms with Crippen molar-refractivity contribution in [3.8, 4) is 0 Å². The van der Waals surface area contributed by atoms with Crippen LogP contribution in [0.25, 0.3) is 0 Å². The second-order valence-electron chi connectivity index (χ2n) is 6.82. The smallest absolute Gasteiger partial charge is 0.140 e. The average molecular weight is 262 g/mol. The summed E-state index contributed by atoms with van der Waals surface area (Å²) < 4.78 is 2.14. The molecule has 2 bridgehead atoms. The highest BCUT2D eigenvalue weighted by Crippen LogP contribution is 2.48. The largest absolute Gasteiger partial charge is 0.310 e. The molecule has 0 aromatic carbocycles. The molecule has 2 fully saturated rings. The third-order valence-corrected chi connectivity index (χ3v) is 4.82. The molecule has 4 nitrogen and oxygen atoms in total.